The van der Waals surface area contributed by atoms with Gasteiger partial charge in [0.1, 0.15) is 5.82 Å². The van der Waals surface area contributed by atoms with Crippen LogP contribution in [0.5, 0.6) is 0 Å². The zero-order valence-corrected chi connectivity index (χ0v) is 10.4. The first-order valence-corrected chi connectivity index (χ1v) is 6.32. The minimum absolute atomic E-state index is 0.0699. The third-order valence-electron chi connectivity index (χ3n) is 2.59. The van der Waals surface area contributed by atoms with E-state index < -0.39 is 0 Å². The zero-order chi connectivity index (χ0) is 11.7. The van der Waals surface area contributed by atoms with Crippen molar-refractivity contribution in [2.75, 3.05) is 0 Å². The molecule has 2 aromatic rings. The van der Waals surface area contributed by atoms with Crippen molar-refractivity contribution in [1.82, 2.24) is 0 Å². The van der Waals surface area contributed by atoms with Gasteiger partial charge >= 0.3 is 0 Å². The SMILES string of the molecule is CC(C)CC(N)c1cc2ccc(F)cc2s1. The number of rotatable bonds is 3. The molecule has 3 heteroatoms. The van der Waals surface area contributed by atoms with Gasteiger partial charge in [-0.25, -0.2) is 4.39 Å². The van der Waals surface area contributed by atoms with Crippen molar-refractivity contribution in [3.63, 3.8) is 0 Å². The van der Waals surface area contributed by atoms with Gasteiger partial charge < -0.3 is 5.73 Å². The van der Waals surface area contributed by atoms with E-state index in [-0.39, 0.29) is 11.9 Å². The van der Waals surface area contributed by atoms with E-state index in [2.05, 4.69) is 19.9 Å². The van der Waals surface area contributed by atoms with E-state index in [1.54, 1.807) is 17.4 Å². The highest BCUT2D eigenvalue weighted by Gasteiger charge is 2.11. The van der Waals surface area contributed by atoms with Crippen LogP contribution in [-0.2, 0) is 0 Å². The van der Waals surface area contributed by atoms with Crippen LogP contribution in [0.4, 0.5) is 4.39 Å². The Labute approximate surface area is 99.1 Å². The first-order chi connectivity index (χ1) is 7.56. The molecule has 0 aliphatic rings. The van der Waals surface area contributed by atoms with Crippen molar-refractivity contribution >= 4 is 21.4 Å². The Bertz CT molecular complexity index is 490. The van der Waals surface area contributed by atoms with E-state index >= 15 is 0 Å². The molecule has 16 heavy (non-hydrogen) atoms. The van der Waals surface area contributed by atoms with Gasteiger partial charge in [-0.15, -0.1) is 11.3 Å². The molecule has 0 bridgehead atoms. The van der Waals surface area contributed by atoms with Crippen molar-refractivity contribution in [3.05, 3.63) is 35.0 Å². The van der Waals surface area contributed by atoms with Crippen LogP contribution in [0.3, 0.4) is 0 Å². The molecule has 0 aliphatic carbocycles. The van der Waals surface area contributed by atoms with Crippen LogP contribution < -0.4 is 5.73 Å². The second-order valence-electron chi connectivity index (χ2n) is 4.57. The fraction of sp³-hybridized carbons (Fsp3) is 0.385. The predicted molar refractivity (Wildman–Crippen MR) is 68.2 cm³/mol. The maximum absolute atomic E-state index is 13.0. The van der Waals surface area contributed by atoms with Crippen LogP contribution in [0.25, 0.3) is 10.1 Å². The monoisotopic (exact) mass is 237 g/mol. The first-order valence-electron chi connectivity index (χ1n) is 5.51. The van der Waals surface area contributed by atoms with Gasteiger partial charge in [-0.1, -0.05) is 19.9 Å². The van der Waals surface area contributed by atoms with Gasteiger partial charge in [0.25, 0.3) is 0 Å². The number of fused-ring (bicyclic) bond motifs is 1. The molecule has 2 rings (SSSR count). The predicted octanol–water partition coefficient (Wildman–Crippen LogP) is 4.09. The fourth-order valence-electron chi connectivity index (χ4n) is 1.83. The second kappa shape index (κ2) is 4.52. The van der Waals surface area contributed by atoms with Crippen molar-refractivity contribution < 1.29 is 4.39 Å². The lowest BCUT2D eigenvalue weighted by molar-refractivity contribution is 0.515. The fourth-order valence-corrected chi connectivity index (χ4v) is 2.94. The van der Waals surface area contributed by atoms with Gasteiger partial charge in [-0.2, -0.15) is 0 Å². The highest BCUT2D eigenvalue weighted by Crippen LogP contribution is 2.31. The average Bonchev–Trinajstić information content (AvgIpc) is 2.59. The summed E-state index contributed by atoms with van der Waals surface area (Å²) in [4.78, 5) is 1.15. The summed E-state index contributed by atoms with van der Waals surface area (Å²) in [6.07, 6.45) is 0.968. The Kier molecular flexibility index (Phi) is 3.26. The molecule has 2 N–H and O–H groups in total. The number of nitrogens with two attached hydrogens (primary N) is 1. The largest absolute Gasteiger partial charge is 0.323 e. The summed E-state index contributed by atoms with van der Waals surface area (Å²) < 4.78 is 14.0. The van der Waals surface area contributed by atoms with E-state index in [1.165, 1.54) is 6.07 Å². The summed E-state index contributed by atoms with van der Waals surface area (Å²) in [5.41, 5.74) is 6.11. The molecule has 0 amide bonds. The number of hydrogen-bond acceptors (Lipinski definition) is 2. The number of halogens is 1. The lowest BCUT2D eigenvalue weighted by Crippen LogP contribution is -2.11. The van der Waals surface area contributed by atoms with Gasteiger partial charge in [0.05, 0.1) is 0 Å². The molecule has 1 aromatic carbocycles. The molecule has 0 saturated carbocycles. The molecule has 1 aromatic heterocycles. The van der Waals surface area contributed by atoms with Crippen molar-refractivity contribution in [3.8, 4) is 0 Å². The minimum atomic E-state index is -0.182. The van der Waals surface area contributed by atoms with Gasteiger partial charge in [0.15, 0.2) is 0 Å². The third kappa shape index (κ3) is 2.42. The summed E-state index contributed by atoms with van der Waals surface area (Å²) >= 11 is 1.60. The molecule has 1 heterocycles. The van der Waals surface area contributed by atoms with Gasteiger partial charge in [-0.3, -0.25) is 0 Å². The van der Waals surface area contributed by atoms with Crippen LogP contribution in [0.15, 0.2) is 24.3 Å². The molecule has 0 fully saturated rings. The molecule has 1 unspecified atom stereocenters. The average molecular weight is 237 g/mol. The standard InChI is InChI=1S/C13H16FNS/c1-8(2)5-11(15)13-6-9-3-4-10(14)7-12(9)16-13/h3-4,6-8,11H,5,15H2,1-2H3. The van der Waals surface area contributed by atoms with E-state index in [4.69, 9.17) is 5.73 Å². The van der Waals surface area contributed by atoms with Gasteiger partial charge in [0.2, 0.25) is 0 Å². The molecular weight excluding hydrogens is 221 g/mol. The molecular formula is C13H16FNS. The molecule has 1 atom stereocenters. The Morgan fingerprint density at radius 3 is 2.75 bits per heavy atom. The highest BCUT2D eigenvalue weighted by atomic mass is 32.1. The highest BCUT2D eigenvalue weighted by molar-refractivity contribution is 7.19. The van der Waals surface area contributed by atoms with Crippen LogP contribution in [0.1, 0.15) is 31.2 Å². The quantitative estimate of drug-likeness (QED) is 0.855. The van der Waals surface area contributed by atoms with Crippen molar-refractivity contribution in [2.45, 2.75) is 26.3 Å². The molecule has 0 saturated heterocycles. The summed E-state index contributed by atoms with van der Waals surface area (Å²) in [6, 6.07) is 7.03. The lowest BCUT2D eigenvalue weighted by atomic mass is 10.0. The molecule has 1 nitrogen and oxygen atoms in total. The maximum atomic E-state index is 13.0. The lowest BCUT2D eigenvalue weighted by Gasteiger charge is -2.11. The normalized spacial score (nSPS) is 13.6. The molecule has 0 radical (unpaired) electrons. The van der Waals surface area contributed by atoms with Crippen molar-refractivity contribution in [2.24, 2.45) is 11.7 Å². The summed E-state index contributed by atoms with van der Waals surface area (Å²) in [5, 5.41) is 1.08. The van der Waals surface area contributed by atoms with Crippen LogP contribution in [0.2, 0.25) is 0 Å². The molecule has 0 aliphatic heterocycles. The zero-order valence-electron chi connectivity index (χ0n) is 9.53. The first kappa shape index (κ1) is 11.6. The Morgan fingerprint density at radius 2 is 2.06 bits per heavy atom. The van der Waals surface area contributed by atoms with Gasteiger partial charge in [0, 0.05) is 15.6 Å². The number of thiophene rings is 1. The Balaban J connectivity index is 2.32. The topological polar surface area (TPSA) is 26.0 Å². The Morgan fingerprint density at radius 1 is 1.31 bits per heavy atom. The summed E-state index contributed by atoms with van der Waals surface area (Å²) in [6.45, 7) is 4.32. The summed E-state index contributed by atoms with van der Waals surface area (Å²) in [5.74, 6) is 0.398. The third-order valence-corrected chi connectivity index (χ3v) is 3.82. The van der Waals surface area contributed by atoms with Crippen molar-refractivity contribution in [1.29, 1.82) is 0 Å². The van der Waals surface area contributed by atoms with Crippen LogP contribution >= 0.6 is 11.3 Å². The molecule has 0 spiro atoms. The number of hydrogen-bond donors (Lipinski definition) is 1. The van der Waals surface area contributed by atoms with E-state index in [0.29, 0.717) is 5.92 Å². The maximum Gasteiger partial charge on any atom is 0.124 e. The van der Waals surface area contributed by atoms with E-state index in [1.807, 2.05) is 6.07 Å². The van der Waals surface area contributed by atoms with E-state index in [0.717, 1.165) is 21.4 Å². The minimum Gasteiger partial charge on any atom is -0.323 e. The van der Waals surface area contributed by atoms with Crippen LogP contribution in [0, 0.1) is 11.7 Å². The second-order valence-corrected chi connectivity index (χ2v) is 5.68. The number of benzene rings is 1. The Hall–Kier alpha value is -0.930. The smallest absolute Gasteiger partial charge is 0.124 e. The van der Waals surface area contributed by atoms with E-state index in [9.17, 15) is 4.39 Å². The summed E-state index contributed by atoms with van der Waals surface area (Å²) in [7, 11) is 0. The van der Waals surface area contributed by atoms with Crippen LogP contribution in [-0.4, -0.2) is 0 Å². The van der Waals surface area contributed by atoms with Gasteiger partial charge in [-0.05, 0) is 35.9 Å². The molecule has 86 valence electrons.